The van der Waals surface area contributed by atoms with Crippen molar-refractivity contribution in [3.63, 3.8) is 0 Å². The molecule has 0 aliphatic rings. The molecular formula is C17H18F3NO. The predicted octanol–water partition coefficient (Wildman–Crippen LogP) is 3.53. The molecule has 0 aromatic heterocycles. The van der Waals surface area contributed by atoms with E-state index in [1.54, 1.807) is 0 Å². The molecule has 118 valence electrons. The van der Waals surface area contributed by atoms with E-state index in [9.17, 15) is 13.2 Å². The van der Waals surface area contributed by atoms with E-state index in [2.05, 4.69) is 5.32 Å². The van der Waals surface area contributed by atoms with Crippen LogP contribution in [-0.2, 0) is 25.7 Å². The lowest BCUT2D eigenvalue weighted by Crippen LogP contribution is -2.16. The second-order valence-corrected chi connectivity index (χ2v) is 5.10. The molecule has 2 N–H and O–H groups in total. The summed E-state index contributed by atoms with van der Waals surface area (Å²) in [5, 5.41) is 12.2. The van der Waals surface area contributed by atoms with Gasteiger partial charge in [0.05, 0.1) is 12.2 Å². The van der Waals surface area contributed by atoms with Crippen LogP contribution in [-0.4, -0.2) is 11.7 Å². The van der Waals surface area contributed by atoms with Crippen LogP contribution in [0.15, 0.2) is 48.5 Å². The maximum atomic E-state index is 12.4. The molecule has 2 aromatic carbocycles. The topological polar surface area (TPSA) is 32.3 Å². The number of hydrogen-bond donors (Lipinski definition) is 2. The van der Waals surface area contributed by atoms with Crippen LogP contribution in [0.2, 0.25) is 0 Å². The molecule has 0 saturated carbocycles. The van der Waals surface area contributed by atoms with Crippen LogP contribution >= 0.6 is 0 Å². The Morgan fingerprint density at radius 3 is 1.91 bits per heavy atom. The first kappa shape index (κ1) is 16.5. The van der Waals surface area contributed by atoms with Crippen LogP contribution in [0.1, 0.15) is 22.3 Å². The van der Waals surface area contributed by atoms with E-state index in [0.717, 1.165) is 41.8 Å². The van der Waals surface area contributed by atoms with Crippen molar-refractivity contribution in [1.29, 1.82) is 0 Å². The highest BCUT2D eigenvalue weighted by molar-refractivity contribution is 5.25. The molecule has 0 fully saturated rings. The summed E-state index contributed by atoms with van der Waals surface area (Å²) >= 11 is 0. The molecule has 0 amide bonds. The van der Waals surface area contributed by atoms with E-state index >= 15 is 0 Å². The van der Waals surface area contributed by atoms with Gasteiger partial charge in [-0.25, -0.2) is 0 Å². The molecule has 0 bridgehead atoms. The molecule has 0 atom stereocenters. The van der Waals surface area contributed by atoms with Gasteiger partial charge in [-0.15, -0.1) is 0 Å². The van der Waals surface area contributed by atoms with Crippen molar-refractivity contribution in [2.75, 3.05) is 6.54 Å². The lowest BCUT2D eigenvalue weighted by atomic mass is 10.1. The molecule has 0 aliphatic carbocycles. The largest absolute Gasteiger partial charge is 0.416 e. The molecule has 0 saturated heterocycles. The fourth-order valence-corrected chi connectivity index (χ4v) is 2.09. The number of aliphatic hydroxyl groups excluding tert-OH is 1. The Morgan fingerprint density at radius 1 is 0.818 bits per heavy atom. The standard InChI is InChI=1S/C17H18F3NO/c18-17(19,20)16-7-5-14(6-8-16)11-21-10-9-13-1-3-15(12-22)4-2-13/h1-8,21-22H,9-12H2. The van der Waals surface area contributed by atoms with Crippen molar-refractivity contribution in [1.82, 2.24) is 5.32 Å². The molecule has 22 heavy (non-hydrogen) atoms. The molecule has 0 unspecified atom stereocenters. The summed E-state index contributed by atoms with van der Waals surface area (Å²) in [4.78, 5) is 0. The Kier molecular flexibility index (Phi) is 5.57. The van der Waals surface area contributed by atoms with Gasteiger partial charge in [0.25, 0.3) is 0 Å². The minimum Gasteiger partial charge on any atom is -0.392 e. The third kappa shape index (κ3) is 4.86. The van der Waals surface area contributed by atoms with Crippen LogP contribution < -0.4 is 5.32 Å². The quantitative estimate of drug-likeness (QED) is 0.800. The number of rotatable bonds is 6. The molecule has 2 rings (SSSR count). The Bertz CT molecular complexity index is 576. The zero-order chi connectivity index (χ0) is 16.0. The van der Waals surface area contributed by atoms with Crippen molar-refractivity contribution in [2.45, 2.75) is 25.7 Å². The van der Waals surface area contributed by atoms with E-state index in [0.29, 0.717) is 6.54 Å². The summed E-state index contributed by atoms with van der Waals surface area (Å²) in [5.74, 6) is 0. The Hall–Kier alpha value is -1.85. The van der Waals surface area contributed by atoms with Crippen LogP contribution in [0, 0.1) is 0 Å². The molecule has 0 heterocycles. The molecule has 5 heteroatoms. The molecule has 0 aliphatic heterocycles. The van der Waals surface area contributed by atoms with Gasteiger partial charge in [0.2, 0.25) is 0 Å². The van der Waals surface area contributed by atoms with Crippen molar-refractivity contribution < 1.29 is 18.3 Å². The summed E-state index contributed by atoms with van der Waals surface area (Å²) in [6.07, 6.45) is -3.46. The van der Waals surface area contributed by atoms with Crippen molar-refractivity contribution in [2.24, 2.45) is 0 Å². The highest BCUT2D eigenvalue weighted by Gasteiger charge is 2.29. The Morgan fingerprint density at radius 2 is 1.36 bits per heavy atom. The number of aliphatic hydroxyl groups is 1. The normalized spacial score (nSPS) is 11.6. The van der Waals surface area contributed by atoms with E-state index in [1.807, 2.05) is 24.3 Å². The van der Waals surface area contributed by atoms with E-state index in [4.69, 9.17) is 5.11 Å². The number of alkyl halides is 3. The first-order chi connectivity index (χ1) is 10.5. The zero-order valence-electron chi connectivity index (χ0n) is 12.0. The monoisotopic (exact) mass is 309 g/mol. The third-order valence-electron chi connectivity index (χ3n) is 3.41. The predicted molar refractivity (Wildman–Crippen MR) is 79.2 cm³/mol. The molecule has 2 nitrogen and oxygen atoms in total. The van der Waals surface area contributed by atoms with E-state index in [1.165, 1.54) is 12.1 Å². The number of benzene rings is 2. The van der Waals surface area contributed by atoms with Gasteiger partial charge >= 0.3 is 6.18 Å². The van der Waals surface area contributed by atoms with Gasteiger partial charge < -0.3 is 10.4 Å². The van der Waals surface area contributed by atoms with Gasteiger partial charge in [0, 0.05) is 6.54 Å². The SMILES string of the molecule is OCc1ccc(CCNCc2ccc(C(F)(F)F)cc2)cc1. The van der Waals surface area contributed by atoms with Crippen molar-refractivity contribution in [3.05, 3.63) is 70.8 Å². The van der Waals surface area contributed by atoms with Gasteiger partial charge in [-0.2, -0.15) is 13.2 Å². The van der Waals surface area contributed by atoms with E-state index < -0.39 is 11.7 Å². The summed E-state index contributed by atoms with van der Waals surface area (Å²) in [6, 6.07) is 12.9. The molecule has 0 radical (unpaired) electrons. The lowest BCUT2D eigenvalue weighted by Gasteiger charge is -2.09. The smallest absolute Gasteiger partial charge is 0.392 e. The van der Waals surface area contributed by atoms with Gasteiger partial charge in [-0.1, -0.05) is 36.4 Å². The minimum absolute atomic E-state index is 0.0342. The van der Waals surface area contributed by atoms with Crippen LogP contribution in [0.25, 0.3) is 0 Å². The average molecular weight is 309 g/mol. The second-order valence-electron chi connectivity index (χ2n) is 5.10. The number of nitrogens with one attached hydrogen (secondary N) is 1. The lowest BCUT2D eigenvalue weighted by molar-refractivity contribution is -0.137. The summed E-state index contributed by atoms with van der Waals surface area (Å²) in [5.41, 5.74) is 2.22. The summed E-state index contributed by atoms with van der Waals surface area (Å²) in [6.45, 7) is 1.30. The molecular weight excluding hydrogens is 291 g/mol. The zero-order valence-corrected chi connectivity index (χ0v) is 12.0. The molecule has 2 aromatic rings. The second kappa shape index (κ2) is 7.42. The first-order valence-electron chi connectivity index (χ1n) is 7.04. The van der Waals surface area contributed by atoms with E-state index in [-0.39, 0.29) is 6.61 Å². The maximum Gasteiger partial charge on any atom is 0.416 e. The third-order valence-corrected chi connectivity index (χ3v) is 3.41. The first-order valence-corrected chi connectivity index (χ1v) is 7.04. The highest BCUT2D eigenvalue weighted by Crippen LogP contribution is 2.28. The maximum absolute atomic E-state index is 12.4. The van der Waals surface area contributed by atoms with Crippen molar-refractivity contribution >= 4 is 0 Å². The van der Waals surface area contributed by atoms with Gasteiger partial charge in [-0.05, 0) is 41.8 Å². The Labute approximate surface area is 127 Å². The fourth-order valence-electron chi connectivity index (χ4n) is 2.09. The van der Waals surface area contributed by atoms with Gasteiger partial charge in [0.15, 0.2) is 0 Å². The highest BCUT2D eigenvalue weighted by atomic mass is 19.4. The summed E-state index contributed by atoms with van der Waals surface area (Å²) < 4.78 is 37.3. The van der Waals surface area contributed by atoms with Gasteiger partial charge in [-0.3, -0.25) is 0 Å². The minimum atomic E-state index is -4.29. The average Bonchev–Trinajstić information content (AvgIpc) is 2.52. The van der Waals surface area contributed by atoms with Gasteiger partial charge in [0.1, 0.15) is 0 Å². The summed E-state index contributed by atoms with van der Waals surface area (Å²) in [7, 11) is 0. The number of halogens is 3. The van der Waals surface area contributed by atoms with Crippen LogP contribution in [0.5, 0.6) is 0 Å². The van der Waals surface area contributed by atoms with Crippen LogP contribution in [0.4, 0.5) is 13.2 Å². The van der Waals surface area contributed by atoms with Crippen molar-refractivity contribution in [3.8, 4) is 0 Å². The fraction of sp³-hybridized carbons (Fsp3) is 0.294. The Balaban J connectivity index is 1.76. The van der Waals surface area contributed by atoms with Crippen LogP contribution in [0.3, 0.4) is 0 Å². The molecule has 0 spiro atoms. The number of hydrogen-bond acceptors (Lipinski definition) is 2.